The fourth-order valence-corrected chi connectivity index (χ4v) is 8.04. The summed E-state index contributed by atoms with van der Waals surface area (Å²) in [5.41, 5.74) is 6.75. The van der Waals surface area contributed by atoms with Crippen LogP contribution in [0.5, 0.6) is 0 Å². The molecule has 0 spiro atoms. The first-order valence-electron chi connectivity index (χ1n) is 17.9. The Bertz CT molecular complexity index is 3230. The lowest BCUT2D eigenvalue weighted by Crippen LogP contribution is -2.01. The highest BCUT2D eigenvalue weighted by atomic mass is 16.3. The van der Waals surface area contributed by atoms with E-state index >= 15 is 0 Å². The van der Waals surface area contributed by atoms with E-state index in [1.54, 1.807) is 0 Å². The normalized spacial score (nSPS) is 11.8. The molecule has 0 aliphatic carbocycles. The molecule has 11 rings (SSSR count). The average Bonchev–Trinajstić information content (AvgIpc) is 3.62. The minimum absolute atomic E-state index is 0.600. The molecular formula is C49H29N3O. The van der Waals surface area contributed by atoms with E-state index in [4.69, 9.17) is 19.4 Å². The summed E-state index contributed by atoms with van der Waals surface area (Å²) in [6, 6.07) is 61.6. The molecule has 9 aromatic carbocycles. The molecule has 0 saturated heterocycles. The Morgan fingerprint density at radius 2 is 0.830 bits per heavy atom. The zero-order chi connectivity index (χ0) is 34.9. The van der Waals surface area contributed by atoms with Crippen LogP contribution in [0.1, 0.15) is 0 Å². The Hall–Kier alpha value is -7.17. The Balaban J connectivity index is 1.15. The number of hydrogen-bond donors (Lipinski definition) is 0. The number of fused-ring (bicyclic) bond motifs is 9. The molecule has 0 radical (unpaired) electrons. The maximum absolute atomic E-state index is 6.29. The molecule has 0 unspecified atom stereocenters. The number of para-hydroxylation sites is 1. The van der Waals surface area contributed by atoms with Crippen LogP contribution in [-0.4, -0.2) is 15.0 Å². The standard InChI is InChI=1S/C49H29N3O/c1-3-13-35-30(10-1)12-7-16-36(35)32-23-26-34(27-24-32)47-50-48(52-49(51-47)42-19-9-21-44-46(42)41-15-5-6-20-43(41)53-44)40-18-8-17-39-38(40)29-28-33-25-22-31-11-2-4-14-37(31)45(33)39/h1-29H. The number of aromatic nitrogens is 3. The van der Waals surface area contributed by atoms with E-state index in [-0.39, 0.29) is 0 Å². The van der Waals surface area contributed by atoms with Gasteiger partial charge in [-0.05, 0) is 66.3 Å². The molecule has 0 saturated carbocycles. The summed E-state index contributed by atoms with van der Waals surface area (Å²) in [5.74, 6) is 1.84. The lowest BCUT2D eigenvalue weighted by atomic mass is 9.94. The molecule has 0 bridgehead atoms. The van der Waals surface area contributed by atoms with Gasteiger partial charge in [0.25, 0.3) is 0 Å². The Morgan fingerprint density at radius 1 is 0.283 bits per heavy atom. The number of nitrogens with zero attached hydrogens (tertiary/aromatic N) is 3. The molecule has 0 aliphatic rings. The van der Waals surface area contributed by atoms with Crippen molar-refractivity contribution in [2.75, 3.05) is 0 Å². The average molecular weight is 676 g/mol. The molecule has 2 heterocycles. The molecule has 4 nitrogen and oxygen atoms in total. The van der Waals surface area contributed by atoms with Crippen molar-refractivity contribution in [3.63, 3.8) is 0 Å². The summed E-state index contributed by atoms with van der Waals surface area (Å²) < 4.78 is 6.29. The molecule has 246 valence electrons. The number of hydrogen-bond acceptors (Lipinski definition) is 4. The molecule has 11 aromatic rings. The number of benzene rings is 9. The lowest BCUT2D eigenvalue weighted by Gasteiger charge is -2.13. The van der Waals surface area contributed by atoms with E-state index in [2.05, 4.69) is 146 Å². The van der Waals surface area contributed by atoms with Crippen LogP contribution in [0.25, 0.3) is 110 Å². The van der Waals surface area contributed by atoms with Crippen molar-refractivity contribution in [1.82, 2.24) is 15.0 Å². The molecule has 0 atom stereocenters. The van der Waals surface area contributed by atoms with Gasteiger partial charge in [0, 0.05) is 27.5 Å². The van der Waals surface area contributed by atoms with Crippen molar-refractivity contribution in [3.05, 3.63) is 176 Å². The minimum atomic E-state index is 0.600. The fourth-order valence-electron chi connectivity index (χ4n) is 8.04. The molecule has 2 aromatic heterocycles. The van der Waals surface area contributed by atoms with Gasteiger partial charge >= 0.3 is 0 Å². The van der Waals surface area contributed by atoms with Crippen molar-refractivity contribution in [2.24, 2.45) is 0 Å². The summed E-state index contributed by atoms with van der Waals surface area (Å²) in [6.45, 7) is 0. The topological polar surface area (TPSA) is 51.8 Å². The van der Waals surface area contributed by atoms with Crippen LogP contribution in [0.4, 0.5) is 0 Å². The van der Waals surface area contributed by atoms with E-state index in [1.807, 2.05) is 30.3 Å². The van der Waals surface area contributed by atoms with Crippen LogP contribution in [0, 0.1) is 0 Å². The summed E-state index contributed by atoms with van der Waals surface area (Å²) >= 11 is 0. The maximum Gasteiger partial charge on any atom is 0.164 e. The van der Waals surface area contributed by atoms with Gasteiger partial charge in [-0.3, -0.25) is 0 Å². The van der Waals surface area contributed by atoms with Gasteiger partial charge in [-0.15, -0.1) is 0 Å². The van der Waals surface area contributed by atoms with Gasteiger partial charge in [-0.25, -0.2) is 15.0 Å². The van der Waals surface area contributed by atoms with E-state index in [9.17, 15) is 0 Å². The fraction of sp³-hybridized carbons (Fsp3) is 0. The monoisotopic (exact) mass is 675 g/mol. The summed E-state index contributed by atoms with van der Waals surface area (Å²) in [5, 5.41) is 11.6. The molecule has 0 amide bonds. The smallest absolute Gasteiger partial charge is 0.164 e. The zero-order valence-electron chi connectivity index (χ0n) is 28.5. The number of furan rings is 1. The maximum atomic E-state index is 6.29. The van der Waals surface area contributed by atoms with Crippen LogP contribution >= 0.6 is 0 Å². The quantitative estimate of drug-likeness (QED) is 0.174. The van der Waals surface area contributed by atoms with Crippen molar-refractivity contribution in [3.8, 4) is 45.3 Å². The van der Waals surface area contributed by atoms with E-state index in [0.717, 1.165) is 49.6 Å². The Morgan fingerprint density at radius 3 is 1.70 bits per heavy atom. The van der Waals surface area contributed by atoms with Crippen LogP contribution in [0.15, 0.2) is 180 Å². The predicted molar refractivity (Wildman–Crippen MR) is 219 cm³/mol. The van der Waals surface area contributed by atoms with Gasteiger partial charge in [0.15, 0.2) is 17.5 Å². The Labute approximate surface area is 304 Å². The van der Waals surface area contributed by atoms with Gasteiger partial charge < -0.3 is 4.42 Å². The zero-order valence-corrected chi connectivity index (χ0v) is 28.5. The first kappa shape index (κ1) is 29.5. The highest BCUT2D eigenvalue weighted by Gasteiger charge is 2.19. The van der Waals surface area contributed by atoms with Crippen molar-refractivity contribution in [2.45, 2.75) is 0 Å². The van der Waals surface area contributed by atoms with Crippen LogP contribution in [-0.2, 0) is 0 Å². The second kappa shape index (κ2) is 11.7. The molecule has 53 heavy (non-hydrogen) atoms. The van der Waals surface area contributed by atoms with Crippen molar-refractivity contribution < 1.29 is 4.42 Å². The highest BCUT2D eigenvalue weighted by Crippen LogP contribution is 2.39. The summed E-state index contributed by atoms with van der Waals surface area (Å²) in [4.78, 5) is 15.7. The minimum Gasteiger partial charge on any atom is -0.456 e. The predicted octanol–water partition coefficient (Wildman–Crippen LogP) is 13.1. The van der Waals surface area contributed by atoms with Gasteiger partial charge in [0.05, 0.1) is 0 Å². The second-order valence-electron chi connectivity index (χ2n) is 13.5. The summed E-state index contributed by atoms with van der Waals surface area (Å²) in [7, 11) is 0. The lowest BCUT2D eigenvalue weighted by molar-refractivity contribution is 0.669. The summed E-state index contributed by atoms with van der Waals surface area (Å²) in [6.07, 6.45) is 0. The van der Waals surface area contributed by atoms with Crippen molar-refractivity contribution >= 4 is 65.0 Å². The van der Waals surface area contributed by atoms with E-state index < -0.39 is 0 Å². The largest absolute Gasteiger partial charge is 0.456 e. The van der Waals surface area contributed by atoms with Gasteiger partial charge in [0.1, 0.15) is 11.2 Å². The molecule has 0 fully saturated rings. The highest BCUT2D eigenvalue weighted by molar-refractivity contribution is 6.22. The van der Waals surface area contributed by atoms with Crippen molar-refractivity contribution in [1.29, 1.82) is 0 Å². The molecular weight excluding hydrogens is 647 g/mol. The Kier molecular flexibility index (Phi) is 6.52. The van der Waals surface area contributed by atoms with E-state index in [0.29, 0.717) is 17.5 Å². The third-order valence-corrected chi connectivity index (χ3v) is 10.5. The second-order valence-corrected chi connectivity index (χ2v) is 13.5. The first-order valence-corrected chi connectivity index (χ1v) is 17.9. The van der Waals surface area contributed by atoms with Gasteiger partial charge in [0.2, 0.25) is 0 Å². The van der Waals surface area contributed by atoms with Crippen LogP contribution in [0.2, 0.25) is 0 Å². The van der Waals surface area contributed by atoms with Gasteiger partial charge in [-0.2, -0.15) is 0 Å². The molecule has 0 N–H and O–H groups in total. The van der Waals surface area contributed by atoms with Crippen LogP contribution in [0.3, 0.4) is 0 Å². The van der Waals surface area contributed by atoms with Gasteiger partial charge in [-0.1, -0.05) is 164 Å². The molecule has 0 aliphatic heterocycles. The third kappa shape index (κ3) is 4.73. The first-order chi connectivity index (χ1) is 26.3. The molecule has 4 heteroatoms. The van der Waals surface area contributed by atoms with E-state index in [1.165, 1.54) is 43.3 Å². The SMILES string of the molecule is c1ccc2c(-c3ccc(-c4nc(-c5cccc6c5ccc5ccc7ccccc7c56)nc(-c5cccc6oc7ccccc7c56)n4)cc3)cccc2c1. The number of rotatable bonds is 4. The third-order valence-electron chi connectivity index (χ3n) is 10.5. The van der Waals surface area contributed by atoms with Crippen LogP contribution < -0.4 is 0 Å².